The van der Waals surface area contributed by atoms with Crippen LogP contribution in [0.3, 0.4) is 0 Å². The number of benzene rings is 1. The Bertz CT molecular complexity index is 582. The van der Waals surface area contributed by atoms with Crippen molar-refractivity contribution in [2.45, 2.75) is 25.3 Å². The molecule has 0 spiro atoms. The van der Waals surface area contributed by atoms with Crippen molar-refractivity contribution >= 4 is 43.4 Å². The molecule has 1 saturated heterocycles. The van der Waals surface area contributed by atoms with Crippen LogP contribution >= 0.6 is 27.5 Å². The number of nitrogens with zero attached hydrogens (tertiary/aromatic N) is 1. The third-order valence-corrected chi connectivity index (χ3v) is 6.26. The van der Waals surface area contributed by atoms with Gasteiger partial charge in [0.2, 0.25) is 0 Å². The van der Waals surface area contributed by atoms with Crippen LogP contribution in [-0.2, 0) is 10.2 Å². The lowest BCUT2D eigenvalue weighted by Gasteiger charge is -2.33. The Kier molecular flexibility index (Phi) is 5.30. The number of hydrogen-bond acceptors (Lipinski definition) is 3. The molecule has 1 aromatic carbocycles. The van der Waals surface area contributed by atoms with E-state index < -0.39 is 10.2 Å². The fraction of sp³-hybridized carbons (Fsp3) is 0.500. The van der Waals surface area contributed by atoms with Crippen molar-refractivity contribution in [2.75, 3.05) is 17.9 Å². The minimum atomic E-state index is -3.70. The molecular weight excluding hydrogens is 368 g/mol. The van der Waals surface area contributed by atoms with Gasteiger partial charge in [0, 0.05) is 12.6 Å². The molecule has 1 atom stereocenters. The Labute approximate surface area is 132 Å². The summed E-state index contributed by atoms with van der Waals surface area (Å²) in [6.45, 7) is 0.246. The zero-order valence-corrected chi connectivity index (χ0v) is 13.9. The van der Waals surface area contributed by atoms with Gasteiger partial charge in [-0.25, -0.2) is 0 Å². The first kappa shape index (κ1) is 16.0. The van der Waals surface area contributed by atoms with Crippen molar-refractivity contribution in [1.82, 2.24) is 4.31 Å². The molecular formula is C12H16BrClN2O3S. The first-order valence-electron chi connectivity index (χ1n) is 6.30. The molecule has 0 radical (unpaired) electrons. The highest BCUT2D eigenvalue weighted by Gasteiger charge is 2.32. The van der Waals surface area contributed by atoms with Gasteiger partial charge in [-0.15, -0.1) is 0 Å². The zero-order chi connectivity index (χ0) is 14.8. The molecule has 1 unspecified atom stereocenters. The van der Waals surface area contributed by atoms with E-state index in [1.807, 2.05) is 0 Å². The molecule has 0 bridgehead atoms. The van der Waals surface area contributed by atoms with Gasteiger partial charge in [0.1, 0.15) is 0 Å². The first-order valence-corrected chi connectivity index (χ1v) is 8.91. The van der Waals surface area contributed by atoms with Crippen molar-refractivity contribution in [3.05, 3.63) is 27.7 Å². The maximum Gasteiger partial charge on any atom is 0.302 e. The normalized spacial score (nSPS) is 20.9. The summed E-state index contributed by atoms with van der Waals surface area (Å²) >= 11 is 9.21. The Hall–Kier alpha value is -0.340. The monoisotopic (exact) mass is 382 g/mol. The molecule has 2 N–H and O–H groups in total. The maximum absolute atomic E-state index is 12.4. The van der Waals surface area contributed by atoms with Gasteiger partial charge in [-0.3, -0.25) is 4.72 Å². The van der Waals surface area contributed by atoms with Gasteiger partial charge in [-0.05, 0) is 40.9 Å². The second kappa shape index (κ2) is 6.62. The van der Waals surface area contributed by atoms with E-state index in [2.05, 4.69) is 20.7 Å². The summed E-state index contributed by atoms with van der Waals surface area (Å²) in [6, 6.07) is 4.61. The van der Waals surface area contributed by atoms with E-state index in [-0.39, 0.29) is 12.6 Å². The quantitative estimate of drug-likeness (QED) is 0.839. The number of anilines is 1. The van der Waals surface area contributed by atoms with Crippen LogP contribution in [0.4, 0.5) is 5.69 Å². The topological polar surface area (TPSA) is 69.6 Å². The van der Waals surface area contributed by atoms with E-state index in [1.54, 1.807) is 18.2 Å². The van der Waals surface area contributed by atoms with Gasteiger partial charge >= 0.3 is 10.2 Å². The largest absolute Gasteiger partial charge is 0.395 e. The molecule has 20 heavy (non-hydrogen) atoms. The van der Waals surface area contributed by atoms with Gasteiger partial charge < -0.3 is 5.11 Å². The van der Waals surface area contributed by atoms with Crippen LogP contribution in [0, 0.1) is 0 Å². The highest BCUT2D eigenvalue weighted by Crippen LogP contribution is 2.31. The van der Waals surface area contributed by atoms with E-state index in [1.165, 1.54) is 4.31 Å². The van der Waals surface area contributed by atoms with Gasteiger partial charge in [0.25, 0.3) is 0 Å². The lowest BCUT2D eigenvalue weighted by molar-refractivity contribution is 0.156. The third-order valence-electron chi connectivity index (χ3n) is 3.28. The Morgan fingerprint density at radius 3 is 2.90 bits per heavy atom. The standard InChI is InChI=1S/C12H16BrClN2O3S/c13-12-10(14)5-3-6-11(12)15-20(18,19)16-7-2-1-4-9(16)8-17/h3,5-6,9,15,17H,1-2,4,7-8H2. The molecule has 2 rings (SSSR count). The second-order valence-corrected chi connectivity index (χ2v) is 7.47. The number of rotatable bonds is 4. The van der Waals surface area contributed by atoms with Gasteiger partial charge in [-0.2, -0.15) is 12.7 Å². The fourth-order valence-corrected chi connectivity index (χ4v) is 4.42. The van der Waals surface area contributed by atoms with Crippen LogP contribution in [0.2, 0.25) is 5.02 Å². The number of hydrogen-bond donors (Lipinski definition) is 2. The summed E-state index contributed by atoms with van der Waals surface area (Å²) < 4.78 is 29.2. The molecule has 0 saturated carbocycles. The van der Waals surface area contributed by atoms with Crippen molar-refractivity contribution in [3.8, 4) is 0 Å². The van der Waals surface area contributed by atoms with Crippen molar-refractivity contribution in [3.63, 3.8) is 0 Å². The number of aliphatic hydroxyl groups is 1. The van der Waals surface area contributed by atoms with E-state index in [0.29, 0.717) is 28.1 Å². The van der Waals surface area contributed by atoms with Crippen LogP contribution in [0.5, 0.6) is 0 Å². The molecule has 1 heterocycles. The fourth-order valence-electron chi connectivity index (χ4n) is 2.25. The first-order chi connectivity index (χ1) is 9.45. The van der Waals surface area contributed by atoms with Crippen LogP contribution in [0.1, 0.15) is 19.3 Å². The van der Waals surface area contributed by atoms with Gasteiger partial charge in [0.05, 0.1) is 21.8 Å². The van der Waals surface area contributed by atoms with Crippen LogP contribution in [0.15, 0.2) is 22.7 Å². The smallest absolute Gasteiger partial charge is 0.302 e. The average Bonchev–Trinajstić information content (AvgIpc) is 2.43. The highest BCUT2D eigenvalue weighted by molar-refractivity contribution is 9.10. The SMILES string of the molecule is O=S(=O)(Nc1cccc(Cl)c1Br)N1CCCCC1CO. The number of nitrogens with one attached hydrogen (secondary N) is 1. The molecule has 0 aliphatic carbocycles. The predicted molar refractivity (Wildman–Crippen MR) is 83.1 cm³/mol. The molecule has 1 aliphatic rings. The third kappa shape index (κ3) is 3.46. The zero-order valence-electron chi connectivity index (χ0n) is 10.7. The summed E-state index contributed by atoms with van der Waals surface area (Å²) in [6.07, 6.45) is 2.40. The lowest BCUT2D eigenvalue weighted by Crippen LogP contribution is -2.47. The minimum Gasteiger partial charge on any atom is -0.395 e. The van der Waals surface area contributed by atoms with Crippen LogP contribution in [0.25, 0.3) is 0 Å². The minimum absolute atomic E-state index is 0.169. The molecule has 1 fully saturated rings. The number of aliphatic hydroxyl groups excluding tert-OH is 1. The molecule has 112 valence electrons. The average molecular weight is 384 g/mol. The molecule has 0 amide bonds. The summed E-state index contributed by atoms with van der Waals surface area (Å²) in [4.78, 5) is 0. The van der Waals surface area contributed by atoms with E-state index in [4.69, 9.17) is 11.6 Å². The highest BCUT2D eigenvalue weighted by atomic mass is 79.9. The van der Waals surface area contributed by atoms with E-state index >= 15 is 0 Å². The van der Waals surface area contributed by atoms with Crippen LogP contribution < -0.4 is 4.72 Å². The maximum atomic E-state index is 12.4. The molecule has 5 nitrogen and oxygen atoms in total. The number of halogens is 2. The molecule has 0 aromatic heterocycles. The Morgan fingerprint density at radius 2 is 2.20 bits per heavy atom. The molecule has 1 aliphatic heterocycles. The van der Waals surface area contributed by atoms with Crippen molar-refractivity contribution in [2.24, 2.45) is 0 Å². The van der Waals surface area contributed by atoms with Crippen molar-refractivity contribution < 1.29 is 13.5 Å². The summed E-state index contributed by atoms with van der Waals surface area (Å²) in [5.41, 5.74) is 0.389. The predicted octanol–water partition coefficient (Wildman–Crippen LogP) is 2.61. The summed E-state index contributed by atoms with van der Waals surface area (Å²) in [5.74, 6) is 0. The van der Waals surface area contributed by atoms with Gasteiger partial charge in [0.15, 0.2) is 0 Å². The molecule has 8 heteroatoms. The van der Waals surface area contributed by atoms with Gasteiger partial charge in [-0.1, -0.05) is 24.1 Å². The molecule has 1 aromatic rings. The van der Waals surface area contributed by atoms with Crippen LogP contribution in [-0.4, -0.2) is 37.0 Å². The van der Waals surface area contributed by atoms with E-state index in [0.717, 1.165) is 12.8 Å². The Morgan fingerprint density at radius 1 is 1.45 bits per heavy atom. The lowest BCUT2D eigenvalue weighted by atomic mass is 10.1. The van der Waals surface area contributed by atoms with Crippen molar-refractivity contribution in [1.29, 1.82) is 0 Å². The van der Waals surface area contributed by atoms with E-state index in [9.17, 15) is 13.5 Å². The second-order valence-electron chi connectivity index (χ2n) is 4.65. The Balaban J connectivity index is 2.24. The number of piperidine rings is 1. The summed E-state index contributed by atoms with van der Waals surface area (Å²) in [7, 11) is -3.70. The summed E-state index contributed by atoms with van der Waals surface area (Å²) in [5, 5.41) is 9.76.